The molecule has 0 spiro atoms. The van der Waals surface area contributed by atoms with Crippen molar-refractivity contribution in [1.29, 1.82) is 0 Å². The van der Waals surface area contributed by atoms with Crippen LogP contribution in [0.1, 0.15) is 31.5 Å². The van der Waals surface area contributed by atoms with Gasteiger partial charge in [0.1, 0.15) is 5.82 Å². The van der Waals surface area contributed by atoms with Gasteiger partial charge < -0.3 is 24.4 Å². The minimum Gasteiger partial charge on any atom is -0.493 e. The minimum atomic E-state index is -0.163. The molecule has 1 aromatic carbocycles. The van der Waals surface area contributed by atoms with Gasteiger partial charge in [-0.1, -0.05) is 0 Å². The average molecular weight is 434 g/mol. The predicted molar refractivity (Wildman–Crippen MR) is 116 cm³/mol. The van der Waals surface area contributed by atoms with Crippen molar-refractivity contribution >= 4 is 11.7 Å². The molecule has 2 heterocycles. The SMILES string of the molecule is CCn1c(C2CCN(C(=O)Nc3ccc(OC)c(OC)c3)CC2)nn(CCOC)c1=O. The quantitative estimate of drug-likeness (QED) is 0.685. The van der Waals surface area contributed by atoms with Gasteiger partial charge in [-0.05, 0) is 31.9 Å². The van der Waals surface area contributed by atoms with E-state index in [1.807, 2.05) is 6.92 Å². The van der Waals surface area contributed by atoms with Crippen LogP contribution in [0, 0.1) is 0 Å². The third kappa shape index (κ3) is 5.01. The molecule has 3 rings (SSSR count). The van der Waals surface area contributed by atoms with Gasteiger partial charge in [0, 0.05) is 44.4 Å². The van der Waals surface area contributed by atoms with Crippen molar-refractivity contribution in [2.45, 2.75) is 38.8 Å². The number of anilines is 1. The number of piperidine rings is 1. The zero-order chi connectivity index (χ0) is 22.4. The molecule has 0 aliphatic carbocycles. The molecular weight excluding hydrogens is 402 g/mol. The summed E-state index contributed by atoms with van der Waals surface area (Å²) in [6.07, 6.45) is 1.50. The third-order valence-electron chi connectivity index (χ3n) is 5.56. The highest BCUT2D eigenvalue weighted by atomic mass is 16.5. The highest BCUT2D eigenvalue weighted by Crippen LogP contribution is 2.30. The van der Waals surface area contributed by atoms with Gasteiger partial charge in [0.2, 0.25) is 0 Å². The molecule has 1 fully saturated rings. The largest absolute Gasteiger partial charge is 0.493 e. The Morgan fingerprint density at radius 2 is 1.87 bits per heavy atom. The van der Waals surface area contributed by atoms with Crippen molar-refractivity contribution in [2.75, 3.05) is 46.3 Å². The van der Waals surface area contributed by atoms with E-state index in [1.54, 1.807) is 49.0 Å². The van der Waals surface area contributed by atoms with Gasteiger partial charge in [-0.25, -0.2) is 14.3 Å². The lowest BCUT2D eigenvalue weighted by Gasteiger charge is -2.31. The Hall–Kier alpha value is -3.01. The van der Waals surface area contributed by atoms with E-state index in [4.69, 9.17) is 14.2 Å². The Morgan fingerprint density at radius 3 is 2.48 bits per heavy atom. The Bertz CT molecular complexity index is 946. The number of carbonyl (C=O) groups excluding carboxylic acids is 1. The number of likely N-dealkylation sites (tertiary alicyclic amines) is 1. The summed E-state index contributed by atoms with van der Waals surface area (Å²) in [5.74, 6) is 2.10. The molecule has 0 saturated carbocycles. The number of ether oxygens (including phenoxy) is 3. The van der Waals surface area contributed by atoms with E-state index < -0.39 is 0 Å². The zero-order valence-corrected chi connectivity index (χ0v) is 18.6. The molecule has 10 nitrogen and oxygen atoms in total. The summed E-state index contributed by atoms with van der Waals surface area (Å²) in [6, 6.07) is 5.10. The monoisotopic (exact) mass is 433 g/mol. The number of amides is 2. The smallest absolute Gasteiger partial charge is 0.345 e. The Kier molecular flexibility index (Phi) is 7.56. The van der Waals surface area contributed by atoms with Crippen LogP contribution in [-0.2, 0) is 17.8 Å². The van der Waals surface area contributed by atoms with Crippen LogP contribution in [0.2, 0.25) is 0 Å². The number of hydrogen-bond acceptors (Lipinski definition) is 6. The second-order valence-corrected chi connectivity index (χ2v) is 7.36. The molecule has 170 valence electrons. The Labute approximate surface area is 181 Å². The normalized spacial score (nSPS) is 14.5. The summed E-state index contributed by atoms with van der Waals surface area (Å²) in [4.78, 5) is 27.1. The molecule has 1 N–H and O–H groups in total. The Balaban J connectivity index is 1.63. The van der Waals surface area contributed by atoms with Crippen LogP contribution in [-0.4, -0.2) is 66.3 Å². The van der Waals surface area contributed by atoms with Gasteiger partial charge in [0.05, 0.1) is 27.4 Å². The molecule has 10 heteroatoms. The number of nitrogens with one attached hydrogen (secondary N) is 1. The minimum absolute atomic E-state index is 0.108. The number of benzene rings is 1. The number of hydrogen-bond donors (Lipinski definition) is 1. The molecule has 1 aliphatic rings. The lowest BCUT2D eigenvalue weighted by Crippen LogP contribution is -2.41. The van der Waals surface area contributed by atoms with Crippen LogP contribution in [0.25, 0.3) is 0 Å². The summed E-state index contributed by atoms with van der Waals surface area (Å²) in [5.41, 5.74) is 0.532. The van der Waals surface area contributed by atoms with Crippen molar-refractivity contribution in [1.82, 2.24) is 19.2 Å². The third-order valence-corrected chi connectivity index (χ3v) is 5.56. The van der Waals surface area contributed by atoms with Crippen LogP contribution < -0.4 is 20.5 Å². The fourth-order valence-corrected chi connectivity index (χ4v) is 3.84. The van der Waals surface area contributed by atoms with Crippen molar-refractivity contribution in [2.24, 2.45) is 0 Å². The van der Waals surface area contributed by atoms with E-state index in [9.17, 15) is 9.59 Å². The second-order valence-electron chi connectivity index (χ2n) is 7.36. The number of methoxy groups -OCH3 is 3. The summed E-state index contributed by atoms with van der Waals surface area (Å²) >= 11 is 0. The maximum atomic E-state index is 12.7. The molecule has 1 aromatic heterocycles. The van der Waals surface area contributed by atoms with Crippen molar-refractivity contribution in [3.63, 3.8) is 0 Å². The van der Waals surface area contributed by atoms with Gasteiger partial charge in [0.25, 0.3) is 0 Å². The van der Waals surface area contributed by atoms with E-state index in [-0.39, 0.29) is 17.6 Å². The first kappa shape index (κ1) is 22.7. The van der Waals surface area contributed by atoms with Crippen molar-refractivity contribution < 1.29 is 19.0 Å². The summed E-state index contributed by atoms with van der Waals surface area (Å²) in [7, 11) is 4.73. The van der Waals surface area contributed by atoms with Crippen LogP contribution in [0.5, 0.6) is 11.5 Å². The summed E-state index contributed by atoms with van der Waals surface area (Å²) < 4.78 is 18.8. The van der Waals surface area contributed by atoms with E-state index in [1.165, 1.54) is 4.68 Å². The van der Waals surface area contributed by atoms with E-state index >= 15 is 0 Å². The molecule has 0 atom stereocenters. The lowest BCUT2D eigenvalue weighted by atomic mass is 9.96. The van der Waals surface area contributed by atoms with Crippen molar-refractivity contribution in [3.05, 3.63) is 34.5 Å². The molecule has 1 aliphatic heterocycles. The molecule has 2 amide bonds. The first-order valence-electron chi connectivity index (χ1n) is 10.5. The highest BCUT2D eigenvalue weighted by Gasteiger charge is 2.28. The maximum Gasteiger partial charge on any atom is 0.345 e. The van der Waals surface area contributed by atoms with Crippen LogP contribution in [0.4, 0.5) is 10.5 Å². The first-order valence-corrected chi connectivity index (χ1v) is 10.5. The number of urea groups is 1. The van der Waals surface area contributed by atoms with Gasteiger partial charge in [0.15, 0.2) is 11.5 Å². The standard InChI is InChI=1S/C21H31N5O5/c1-5-25-19(23-26(21(25)28)12-13-29-2)15-8-10-24(11-9-15)20(27)22-16-6-7-17(30-3)18(14-16)31-4/h6-7,14-15H,5,8-13H2,1-4H3,(H,22,27). The molecule has 0 unspecified atom stereocenters. The van der Waals surface area contributed by atoms with Gasteiger partial charge in [-0.2, -0.15) is 5.10 Å². The van der Waals surface area contributed by atoms with Gasteiger partial charge in [-0.15, -0.1) is 0 Å². The summed E-state index contributed by atoms with van der Waals surface area (Å²) in [5, 5.41) is 7.47. The number of rotatable bonds is 8. The van der Waals surface area contributed by atoms with Crippen LogP contribution >= 0.6 is 0 Å². The van der Waals surface area contributed by atoms with Crippen LogP contribution in [0.3, 0.4) is 0 Å². The molecule has 0 radical (unpaired) electrons. The van der Waals surface area contributed by atoms with Crippen molar-refractivity contribution in [3.8, 4) is 11.5 Å². The van der Waals surface area contributed by atoms with Crippen LogP contribution in [0.15, 0.2) is 23.0 Å². The zero-order valence-electron chi connectivity index (χ0n) is 18.6. The fraction of sp³-hybridized carbons (Fsp3) is 0.571. The Morgan fingerprint density at radius 1 is 1.16 bits per heavy atom. The predicted octanol–water partition coefficient (Wildman–Crippen LogP) is 2.14. The molecule has 0 bridgehead atoms. The lowest BCUT2D eigenvalue weighted by molar-refractivity contribution is 0.181. The summed E-state index contributed by atoms with van der Waals surface area (Å²) in [6.45, 7) is 4.57. The molecule has 31 heavy (non-hydrogen) atoms. The topological polar surface area (TPSA) is 99.9 Å². The van der Waals surface area contributed by atoms with Gasteiger partial charge >= 0.3 is 11.7 Å². The number of carbonyl (C=O) groups is 1. The molecular formula is C21H31N5O5. The maximum absolute atomic E-state index is 12.7. The van der Waals surface area contributed by atoms with E-state index in [0.29, 0.717) is 50.0 Å². The van der Waals surface area contributed by atoms with E-state index in [0.717, 1.165) is 18.7 Å². The number of nitrogens with zero attached hydrogens (tertiary/aromatic N) is 4. The molecule has 2 aromatic rings. The first-order chi connectivity index (χ1) is 15.0. The second kappa shape index (κ2) is 10.3. The average Bonchev–Trinajstić information content (AvgIpc) is 3.12. The van der Waals surface area contributed by atoms with Gasteiger partial charge in [-0.3, -0.25) is 4.57 Å². The van der Waals surface area contributed by atoms with E-state index in [2.05, 4.69) is 10.4 Å². The fourth-order valence-electron chi connectivity index (χ4n) is 3.84. The number of aromatic nitrogens is 3. The highest BCUT2D eigenvalue weighted by molar-refractivity contribution is 5.89. The molecule has 1 saturated heterocycles.